The lowest BCUT2D eigenvalue weighted by molar-refractivity contribution is -0.135. The number of aliphatic hydroxyl groups is 1. The Bertz CT molecular complexity index is 1900. The SMILES string of the molecule is COc1ccc(F)cc1C(C)(CC(O)(CCCCCCCCCC(F)(F)F)Cn1ccc(=O)c2ccc(F)cc21)c1cc2ccccc2[nH]1. The molecule has 0 bridgehead atoms. The number of nitrogens with zero attached hydrogens (tertiary/aromatic N) is 1. The number of halogens is 5. The summed E-state index contributed by atoms with van der Waals surface area (Å²) in [7, 11) is 1.51. The molecule has 2 aromatic heterocycles. The van der Waals surface area contributed by atoms with Crippen molar-refractivity contribution in [2.75, 3.05) is 7.11 Å². The first-order valence-corrected chi connectivity index (χ1v) is 16.8. The summed E-state index contributed by atoms with van der Waals surface area (Å²) in [5.74, 6) is -0.525. The molecular weight excluding hydrogens is 639 g/mol. The van der Waals surface area contributed by atoms with Gasteiger partial charge in [-0.2, -0.15) is 13.2 Å². The zero-order valence-corrected chi connectivity index (χ0v) is 27.9. The molecule has 0 radical (unpaired) electrons. The molecule has 0 fully saturated rings. The van der Waals surface area contributed by atoms with Crippen LogP contribution in [0.25, 0.3) is 21.8 Å². The maximum absolute atomic E-state index is 15.0. The fourth-order valence-electron chi connectivity index (χ4n) is 7.10. The number of H-pyrrole nitrogens is 1. The molecule has 0 aliphatic rings. The van der Waals surface area contributed by atoms with E-state index in [1.54, 1.807) is 16.8 Å². The van der Waals surface area contributed by atoms with E-state index in [9.17, 15) is 31.9 Å². The molecule has 2 unspecified atom stereocenters. The second kappa shape index (κ2) is 15.2. The van der Waals surface area contributed by atoms with Gasteiger partial charge in [0.25, 0.3) is 0 Å². The van der Waals surface area contributed by atoms with Gasteiger partial charge in [-0.1, -0.05) is 56.7 Å². The van der Waals surface area contributed by atoms with Crippen LogP contribution in [0.3, 0.4) is 0 Å². The van der Waals surface area contributed by atoms with E-state index in [1.807, 2.05) is 37.3 Å². The summed E-state index contributed by atoms with van der Waals surface area (Å²) in [6.07, 6.45) is 1.33. The Morgan fingerprint density at radius 2 is 1.47 bits per heavy atom. The molecule has 0 spiro atoms. The van der Waals surface area contributed by atoms with Crippen LogP contribution >= 0.6 is 0 Å². The first-order valence-electron chi connectivity index (χ1n) is 16.8. The number of fused-ring (bicyclic) bond motifs is 2. The Morgan fingerprint density at radius 3 is 2.16 bits per heavy atom. The van der Waals surface area contributed by atoms with Gasteiger partial charge < -0.3 is 19.4 Å². The van der Waals surface area contributed by atoms with E-state index in [0.717, 1.165) is 35.9 Å². The van der Waals surface area contributed by atoms with Crippen molar-refractivity contribution >= 4 is 21.8 Å². The fourth-order valence-corrected chi connectivity index (χ4v) is 7.10. The zero-order chi connectivity index (χ0) is 35.2. The van der Waals surface area contributed by atoms with Gasteiger partial charge in [0.2, 0.25) is 0 Å². The van der Waals surface area contributed by atoms with Gasteiger partial charge in [0.15, 0.2) is 5.43 Å². The van der Waals surface area contributed by atoms with Gasteiger partial charge in [-0.05, 0) is 80.1 Å². The molecule has 2 atom stereocenters. The van der Waals surface area contributed by atoms with E-state index >= 15 is 0 Å². The Kier molecular flexibility index (Phi) is 11.2. The van der Waals surface area contributed by atoms with Gasteiger partial charge in [-0.25, -0.2) is 8.78 Å². The molecule has 3 aromatic carbocycles. The summed E-state index contributed by atoms with van der Waals surface area (Å²) >= 11 is 0. The second-order valence-corrected chi connectivity index (χ2v) is 13.4. The van der Waals surface area contributed by atoms with Crippen molar-refractivity contribution in [3.8, 4) is 5.75 Å². The van der Waals surface area contributed by atoms with E-state index in [0.29, 0.717) is 47.9 Å². The van der Waals surface area contributed by atoms with Crippen molar-refractivity contribution in [3.05, 3.63) is 112 Å². The largest absolute Gasteiger partial charge is 0.496 e. The van der Waals surface area contributed by atoms with Crippen LogP contribution < -0.4 is 10.2 Å². The number of alkyl halides is 3. The van der Waals surface area contributed by atoms with E-state index < -0.39 is 35.2 Å². The Labute approximate surface area is 282 Å². The van der Waals surface area contributed by atoms with Gasteiger partial charge in [-0.15, -0.1) is 0 Å². The van der Waals surface area contributed by atoms with Crippen LogP contribution in [0, 0.1) is 11.6 Å². The number of unbranched alkanes of at least 4 members (excludes halogenated alkanes) is 6. The molecule has 0 saturated heterocycles. The Hall–Kier alpha value is -4.18. The molecule has 2 heterocycles. The maximum Gasteiger partial charge on any atom is 0.389 e. The average Bonchev–Trinajstić information content (AvgIpc) is 3.50. The first kappa shape index (κ1) is 36.1. The zero-order valence-electron chi connectivity index (χ0n) is 27.9. The van der Waals surface area contributed by atoms with E-state index in [1.165, 1.54) is 43.5 Å². The number of nitrogens with one attached hydrogen (secondary N) is 1. The van der Waals surface area contributed by atoms with Crippen LogP contribution in [-0.4, -0.2) is 33.5 Å². The number of benzene rings is 3. The molecule has 5 aromatic rings. The van der Waals surface area contributed by atoms with Crippen molar-refractivity contribution in [2.45, 2.75) is 94.9 Å². The lowest BCUT2D eigenvalue weighted by Crippen LogP contribution is -2.43. The van der Waals surface area contributed by atoms with E-state index in [-0.39, 0.29) is 24.8 Å². The normalized spacial score (nSPS) is 14.6. The van der Waals surface area contributed by atoms with Crippen molar-refractivity contribution in [2.24, 2.45) is 0 Å². The molecule has 0 saturated carbocycles. The minimum Gasteiger partial charge on any atom is -0.496 e. The molecule has 10 heteroatoms. The Morgan fingerprint density at radius 1 is 0.816 bits per heavy atom. The van der Waals surface area contributed by atoms with Crippen LogP contribution in [0.5, 0.6) is 5.75 Å². The number of rotatable bonds is 16. The number of methoxy groups -OCH3 is 1. The number of hydrogen-bond acceptors (Lipinski definition) is 3. The molecule has 262 valence electrons. The third-order valence-electron chi connectivity index (χ3n) is 9.57. The minimum atomic E-state index is -4.13. The highest BCUT2D eigenvalue weighted by Gasteiger charge is 2.42. The summed E-state index contributed by atoms with van der Waals surface area (Å²) in [6, 6.07) is 19.4. The molecular formula is C39H43F5N2O3. The predicted molar refractivity (Wildman–Crippen MR) is 183 cm³/mol. The Balaban J connectivity index is 1.49. The quantitative estimate of drug-likeness (QED) is 0.0804. The van der Waals surface area contributed by atoms with Gasteiger partial charge >= 0.3 is 6.18 Å². The number of hydrogen-bond donors (Lipinski definition) is 2. The van der Waals surface area contributed by atoms with Crippen molar-refractivity contribution in [1.82, 2.24) is 9.55 Å². The standard InChI is InChI=1S/C39H43F5N2O3/c1-37(31-23-28(40)15-17-35(31)49-2,36-22-27-12-8-9-13-32(27)45-36)25-38(48,19-10-6-4-3-5-7-11-20-39(42,43)44)26-46-21-18-34(47)30-16-14-29(41)24-33(30)46/h8-9,12-18,21-24,45,48H,3-7,10-11,19-20,25-26H2,1-2H3. The number of para-hydroxylation sites is 1. The van der Waals surface area contributed by atoms with Gasteiger partial charge in [0.1, 0.15) is 17.4 Å². The molecule has 0 aliphatic heterocycles. The summed E-state index contributed by atoms with van der Waals surface area (Å²) < 4.78 is 74.3. The highest BCUT2D eigenvalue weighted by Crippen LogP contribution is 2.45. The summed E-state index contributed by atoms with van der Waals surface area (Å²) in [5, 5.41) is 14.0. The molecule has 0 amide bonds. The molecule has 49 heavy (non-hydrogen) atoms. The van der Waals surface area contributed by atoms with Gasteiger partial charge in [0, 0.05) is 46.3 Å². The fraction of sp³-hybridized carbons (Fsp3) is 0.410. The molecule has 5 nitrogen and oxygen atoms in total. The van der Waals surface area contributed by atoms with Crippen molar-refractivity contribution in [1.29, 1.82) is 0 Å². The van der Waals surface area contributed by atoms with Crippen LogP contribution in [0.15, 0.2) is 83.8 Å². The summed E-state index contributed by atoms with van der Waals surface area (Å²) in [5.41, 5.74) is -0.234. The van der Waals surface area contributed by atoms with Crippen molar-refractivity contribution in [3.63, 3.8) is 0 Å². The lowest BCUT2D eigenvalue weighted by Gasteiger charge is -2.40. The van der Waals surface area contributed by atoms with Gasteiger partial charge in [-0.3, -0.25) is 4.79 Å². The monoisotopic (exact) mass is 682 g/mol. The molecule has 2 N–H and O–H groups in total. The first-order chi connectivity index (χ1) is 23.3. The third-order valence-corrected chi connectivity index (χ3v) is 9.57. The smallest absolute Gasteiger partial charge is 0.389 e. The number of aromatic nitrogens is 2. The van der Waals surface area contributed by atoms with Crippen LogP contribution in [0.4, 0.5) is 22.0 Å². The highest BCUT2D eigenvalue weighted by atomic mass is 19.4. The lowest BCUT2D eigenvalue weighted by atomic mass is 9.69. The topological polar surface area (TPSA) is 67.2 Å². The summed E-state index contributed by atoms with van der Waals surface area (Å²) in [4.78, 5) is 16.2. The maximum atomic E-state index is 15.0. The van der Waals surface area contributed by atoms with Crippen LogP contribution in [0.2, 0.25) is 0 Å². The van der Waals surface area contributed by atoms with Gasteiger partial charge in [0.05, 0.1) is 24.8 Å². The molecule has 5 rings (SSSR count). The average molecular weight is 683 g/mol. The predicted octanol–water partition coefficient (Wildman–Crippen LogP) is 9.97. The number of aromatic amines is 1. The number of pyridine rings is 1. The van der Waals surface area contributed by atoms with E-state index in [4.69, 9.17) is 4.74 Å². The van der Waals surface area contributed by atoms with E-state index in [2.05, 4.69) is 4.98 Å². The van der Waals surface area contributed by atoms with Crippen LogP contribution in [-0.2, 0) is 12.0 Å². The third kappa shape index (κ3) is 8.90. The second-order valence-electron chi connectivity index (χ2n) is 13.4. The molecule has 0 aliphatic carbocycles. The van der Waals surface area contributed by atoms with Crippen LogP contribution in [0.1, 0.15) is 82.4 Å². The summed E-state index contributed by atoms with van der Waals surface area (Å²) in [6.45, 7) is 1.95. The minimum absolute atomic E-state index is 0.0120. The highest BCUT2D eigenvalue weighted by molar-refractivity contribution is 5.81. The van der Waals surface area contributed by atoms with Crippen molar-refractivity contribution < 1.29 is 31.8 Å². The number of ether oxygens (including phenoxy) is 1.